The molecule has 0 N–H and O–H groups in total. The molecule has 1 amide bonds. The maximum Gasteiger partial charge on any atom is 0.302 e. The average Bonchev–Trinajstić information content (AvgIpc) is 3.47. The van der Waals surface area contributed by atoms with Gasteiger partial charge in [0.05, 0.1) is 0 Å². The summed E-state index contributed by atoms with van der Waals surface area (Å²) < 4.78 is 18.4. The van der Waals surface area contributed by atoms with E-state index < -0.39 is 0 Å². The largest absolute Gasteiger partial charge is 0.463 e. The van der Waals surface area contributed by atoms with E-state index in [2.05, 4.69) is 39.5 Å². The Morgan fingerprint density at radius 2 is 1.26 bits per heavy atom. The van der Waals surface area contributed by atoms with E-state index in [1.807, 2.05) is 0 Å². The Labute approximate surface area is 329 Å². The maximum atomic E-state index is 13.9. The van der Waals surface area contributed by atoms with E-state index in [9.17, 15) is 19.2 Å². The Morgan fingerprint density at radius 3 is 1.83 bits per heavy atom. The number of carbonyl (C=O) groups is 4. The molecule has 0 saturated heterocycles. The van der Waals surface area contributed by atoms with Crippen LogP contribution in [0.2, 0.25) is 0 Å². The van der Waals surface area contributed by atoms with Gasteiger partial charge in [0.15, 0.2) is 0 Å². The molecule has 0 radical (unpaired) electrons. The zero-order valence-corrected chi connectivity index (χ0v) is 35.8. The number of ether oxygens (including phenoxy) is 3. The van der Waals surface area contributed by atoms with Gasteiger partial charge >= 0.3 is 17.9 Å². The summed E-state index contributed by atoms with van der Waals surface area (Å²) in [5.74, 6) is 1.08. The first kappa shape index (κ1) is 44.6. The van der Waals surface area contributed by atoms with Gasteiger partial charge in [-0.2, -0.15) is 0 Å². The number of carbonyl (C=O) groups excluding carboxylic acids is 4. The van der Waals surface area contributed by atoms with Crippen molar-refractivity contribution in [2.75, 3.05) is 13.1 Å². The zero-order valence-electron chi connectivity index (χ0n) is 35.8. The van der Waals surface area contributed by atoms with E-state index in [-0.39, 0.29) is 70.7 Å². The maximum absolute atomic E-state index is 13.9. The van der Waals surface area contributed by atoms with Crippen LogP contribution < -0.4 is 0 Å². The fourth-order valence-electron chi connectivity index (χ4n) is 12.4. The number of rotatable bonds is 21. The van der Waals surface area contributed by atoms with E-state index >= 15 is 0 Å². The molecule has 0 heterocycles. The smallest absolute Gasteiger partial charge is 0.302 e. The second-order valence-corrected chi connectivity index (χ2v) is 18.7. The zero-order chi connectivity index (χ0) is 39.5. The molecule has 0 unspecified atom stereocenters. The van der Waals surface area contributed by atoms with Gasteiger partial charge < -0.3 is 19.1 Å². The molecule has 0 aromatic rings. The number of esters is 3. The highest BCUT2D eigenvalue weighted by Gasteiger charge is 2.67. The molecule has 310 valence electrons. The van der Waals surface area contributed by atoms with Gasteiger partial charge in [0.25, 0.3) is 0 Å². The van der Waals surface area contributed by atoms with Crippen LogP contribution in [-0.4, -0.2) is 60.1 Å². The van der Waals surface area contributed by atoms with Gasteiger partial charge in [0.2, 0.25) is 5.91 Å². The molecule has 4 aliphatic rings. The molecule has 4 rings (SSSR count). The van der Waals surface area contributed by atoms with E-state index in [0.717, 1.165) is 77.3 Å². The number of hydrogen-bond acceptors (Lipinski definition) is 7. The lowest BCUT2D eigenvalue weighted by Gasteiger charge is -2.64. The van der Waals surface area contributed by atoms with Gasteiger partial charge in [0.1, 0.15) is 18.3 Å². The first-order chi connectivity index (χ1) is 25.8. The molecule has 0 aliphatic heterocycles. The van der Waals surface area contributed by atoms with Crippen LogP contribution >= 0.6 is 0 Å². The van der Waals surface area contributed by atoms with E-state index in [0.29, 0.717) is 24.2 Å². The van der Waals surface area contributed by atoms with E-state index in [4.69, 9.17) is 14.2 Å². The summed E-state index contributed by atoms with van der Waals surface area (Å²) in [6.45, 7) is 17.9. The number of nitrogens with zero attached hydrogens (tertiary/aromatic N) is 1. The first-order valence-corrected chi connectivity index (χ1v) is 22.5. The molecular formula is C46H79NO7. The standard InChI is InChI=1S/C46H79NO7/c1-9-11-13-15-17-19-27-47(28-20-18-16-14-12-10-2)43(51)24-21-32(3)38-22-23-39-44-40(31-42(46(38,39)8)54-35(6)50)45(7)26-25-37(52-33(4)48)29-36(45)30-41(44)53-34(5)49/h32,36-42,44H,9-31H2,1-8H3/t32-,36+,37-,38-,39+,40+,41-,42+,44+,45+,46-/m1/s1. The Morgan fingerprint density at radius 1 is 0.685 bits per heavy atom. The molecule has 8 nitrogen and oxygen atoms in total. The molecule has 0 spiro atoms. The minimum Gasteiger partial charge on any atom is -0.463 e. The Hall–Kier alpha value is -2.12. The molecule has 4 fully saturated rings. The summed E-state index contributed by atoms with van der Waals surface area (Å²) in [7, 11) is 0. The van der Waals surface area contributed by atoms with Gasteiger partial charge in [-0.3, -0.25) is 19.2 Å². The van der Waals surface area contributed by atoms with Crippen molar-refractivity contribution < 1.29 is 33.4 Å². The second kappa shape index (κ2) is 20.9. The monoisotopic (exact) mass is 758 g/mol. The first-order valence-electron chi connectivity index (χ1n) is 22.5. The molecule has 0 bridgehead atoms. The van der Waals surface area contributed by atoms with Crippen molar-refractivity contribution >= 4 is 23.8 Å². The van der Waals surface area contributed by atoms with Gasteiger partial charge in [-0.15, -0.1) is 0 Å². The summed E-state index contributed by atoms with van der Waals surface area (Å²) in [5, 5.41) is 0. The molecule has 54 heavy (non-hydrogen) atoms. The Kier molecular flexibility index (Phi) is 17.2. The van der Waals surface area contributed by atoms with Crippen molar-refractivity contribution in [2.45, 2.75) is 209 Å². The topological polar surface area (TPSA) is 99.2 Å². The summed E-state index contributed by atoms with van der Waals surface area (Å²) in [6, 6.07) is 0. The Balaban J connectivity index is 1.50. The van der Waals surface area contributed by atoms with Crippen molar-refractivity contribution in [3.63, 3.8) is 0 Å². The second-order valence-electron chi connectivity index (χ2n) is 18.7. The van der Waals surface area contributed by atoms with E-state index in [1.165, 1.54) is 85.0 Å². The van der Waals surface area contributed by atoms with Crippen LogP contribution in [0.25, 0.3) is 0 Å². The van der Waals surface area contributed by atoms with Gasteiger partial charge in [-0.05, 0) is 99.2 Å². The lowest BCUT2D eigenvalue weighted by molar-refractivity contribution is -0.224. The molecule has 8 heteroatoms. The summed E-state index contributed by atoms with van der Waals surface area (Å²) >= 11 is 0. The predicted molar refractivity (Wildman–Crippen MR) is 214 cm³/mol. The molecule has 0 aromatic carbocycles. The lowest BCUT2D eigenvalue weighted by Crippen LogP contribution is -2.63. The normalized spacial score (nSPS) is 33.5. The third-order valence-electron chi connectivity index (χ3n) is 15.1. The molecule has 0 aromatic heterocycles. The van der Waals surface area contributed by atoms with Crippen molar-refractivity contribution in [3.8, 4) is 0 Å². The third-order valence-corrected chi connectivity index (χ3v) is 15.1. The van der Waals surface area contributed by atoms with Crippen molar-refractivity contribution in [2.24, 2.45) is 46.3 Å². The summed E-state index contributed by atoms with van der Waals surface area (Å²) in [4.78, 5) is 53.5. The van der Waals surface area contributed by atoms with E-state index in [1.54, 1.807) is 0 Å². The molecular weight excluding hydrogens is 679 g/mol. The van der Waals surface area contributed by atoms with Crippen molar-refractivity contribution in [1.29, 1.82) is 0 Å². The highest BCUT2D eigenvalue weighted by molar-refractivity contribution is 5.76. The number of unbranched alkanes of at least 4 members (excludes halogenated alkanes) is 10. The van der Waals surface area contributed by atoms with Gasteiger partial charge in [-0.1, -0.05) is 98.8 Å². The van der Waals surface area contributed by atoms with Crippen LogP contribution in [0.3, 0.4) is 0 Å². The van der Waals surface area contributed by atoms with Crippen LogP contribution in [0, 0.1) is 46.3 Å². The summed E-state index contributed by atoms with van der Waals surface area (Å²) in [5.41, 5.74) is -0.300. The minimum atomic E-state index is -0.275. The van der Waals surface area contributed by atoms with Crippen molar-refractivity contribution in [3.05, 3.63) is 0 Å². The molecule has 4 saturated carbocycles. The third kappa shape index (κ3) is 11.0. The van der Waals surface area contributed by atoms with Gasteiger partial charge in [0, 0.05) is 51.6 Å². The molecule has 11 atom stereocenters. The fraction of sp³-hybridized carbons (Fsp3) is 0.913. The predicted octanol–water partition coefficient (Wildman–Crippen LogP) is 10.6. The van der Waals surface area contributed by atoms with Crippen LogP contribution in [0.4, 0.5) is 0 Å². The highest BCUT2D eigenvalue weighted by Crippen LogP contribution is 2.69. The number of fused-ring (bicyclic) bond motifs is 5. The van der Waals surface area contributed by atoms with Crippen LogP contribution in [0.1, 0.15) is 190 Å². The molecule has 4 aliphatic carbocycles. The SMILES string of the molecule is CCCCCCCCN(CCCCCCCC)C(=O)CC[C@@H](C)[C@H]1CC[C@H]2[C@@H]3[C@H](OC(C)=O)C[C@@H]4C[C@H](OC(C)=O)CC[C@]4(C)[C@H]3C[C@H](OC(C)=O)[C@]12C. The minimum absolute atomic E-state index is 0.0245. The van der Waals surface area contributed by atoms with Crippen LogP contribution in [0.5, 0.6) is 0 Å². The average molecular weight is 758 g/mol. The number of hydrogen-bond donors (Lipinski definition) is 0. The van der Waals surface area contributed by atoms with Gasteiger partial charge in [-0.25, -0.2) is 0 Å². The van der Waals surface area contributed by atoms with Crippen molar-refractivity contribution in [1.82, 2.24) is 4.90 Å². The summed E-state index contributed by atoms with van der Waals surface area (Å²) in [6.07, 6.45) is 21.7. The fourth-order valence-corrected chi connectivity index (χ4v) is 12.4. The highest BCUT2D eigenvalue weighted by atomic mass is 16.6. The quantitative estimate of drug-likeness (QED) is 0.0653. The lowest BCUT2D eigenvalue weighted by atomic mass is 9.43. The number of amides is 1. The van der Waals surface area contributed by atoms with Crippen LogP contribution in [0.15, 0.2) is 0 Å². The van der Waals surface area contributed by atoms with Crippen LogP contribution in [-0.2, 0) is 33.4 Å². The Bertz CT molecular complexity index is 1210.